The molecule has 1 N–H and O–H groups in total. The Balaban J connectivity index is 2.48. The van der Waals surface area contributed by atoms with E-state index in [-0.39, 0.29) is 17.7 Å². The number of phenolic OH excluding ortho intramolecular Hbond substituents is 1. The summed E-state index contributed by atoms with van der Waals surface area (Å²) in [5, 5.41) is 9.45. The fourth-order valence-corrected chi connectivity index (χ4v) is 2.04. The van der Waals surface area contributed by atoms with Crippen LogP contribution in [-0.4, -0.2) is 23.0 Å². The summed E-state index contributed by atoms with van der Waals surface area (Å²) in [7, 11) is 1.81. The molecule has 0 bridgehead atoms. The van der Waals surface area contributed by atoms with Gasteiger partial charge in [-0.1, -0.05) is 6.07 Å². The van der Waals surface area contributed by atoms with Gasteiger partial charge in [0, 0.05) is 13.5 Å². The Morgan fingerprint density at radius 2 is 2.13 bits per heavy atom. The van der Waals surface area contributed by atoms with E-state index in [2.05, 4.69) is 0 Å². The molecule has 0 aromatic heterocycles. The third kappa shape index (κ3) is 1.69. The number of aromatic hydroxyl groups is 1. The maximum absolute atomic E-state index is 11.6. The van der Waals surface area contributed by atoms with Crippen LogP contribution in [0.3, 0.4) is 0 Å². The highest BCUT2D eigenvalue weighted by Crippen LogP contribution is 2.30. The zero-order chi connectivity index (χ0) is 11.0. The third-order valence-corrected chi connectivity index (χ3v) is 3.16. The smallest absolute Gasteiger partial charge is 0.223 e. The van der Waals surface area contributed by atoms with Gasteiger partial charge in [-0.2, -0.15) is 0 Å². The predicted octanol–water partition coefficient (Wildman–Crippen LogP) is 1.86. The van der Waals surface area contributed by atoms with Gasteiger partial charge in [-0.15, -0.1) is 0 Å². The van der Waals surface area contributed by atoms with E-state index < -0.39 is 0 Å². The highest BCUT2D eigenvalue weighted by molar-refractivity contribution is 5.77. The highest BCUT2D eigenvalue weighted by atomic mass is 16.3. The molecule has 0 fully saturated rings. The van der Waals surface area contributed by atoms with E-state index in [0.29, 0.717) is 6.42 Å². The van der Waals surface area contributed by atoms with Crippen LogP contribution in [0, 0.1) is 0 Å². The van der Waals surface area contributed by atoms with Crippen LogP contribution in [0.2, 0.25) is 0 Å². The van der Waals surface area contributed by atoms with E-state index in [1.165, 1.54) is 0 Å². The molecule has 0 spiro atoms. The van der Waals surface area contributed by atoms with E-state index in [9.17, 15) is 9.90 Å². The van der Waals surface area contributed by atoms with Crippen LogP contribution in [0.15, 0.2) is 18.2 Å². The lowest BCUT2D eigenvalue weighted by atomic mass is 9.99. The molecule has 0 aliphatic carbocycles. The molecule has 0 saturated carbocycles. The number of hydrogen-bond donors (Lipinski definition) is 1. The van der Waals surface area contributed by atoms with Gasteiger partial charge < -0.3 is 10.0 Å². The minimum atomic E-state index is 0.0436. The van der Waals surface area contributed by atoms with Crippen molar-refractivity contribution in [2.75, 3.05) is 7.05 Å². The lowest BCUT2D eigenvalue weighted by molar-refractivity contribution is -0.131. The summed E-state index contributed by atoms with van der Waals surface area (Å²) < 4.78 is 0. The van der Waals surface area contributed by atoms with E-state index in [1.54, 1.807) is 17.0 Å². The molecule has 1 aliphatic heterocycles. The minimum absolute atomic E-state index is 0.0436. The quantitative estimate of drug-likeness (QED) is 0.702. The number of phenols is 1. The van der Waals surface area contributed by atoms with Crippen LogP contribution >= 0.6 is 0 Å². The van der Waals surface area contributed by atoms with Crippen LogP contribution in [0.1, 0.15) is 30.5 Å². The van der Waals surface area contributed by atoms with Crippen molar-refractivity contribution in [2.24, 2.45) is 0 Å². The second-order valence-electron chi connectivity index (χ2n) is 4.06. The largest absolute Gasteiger partial charge is 0.508 e. The average Bonchev–Trinajstić information content (AvgIpc) is 2.32. The van der Waals surface area contributed by atoms with Gasteiger partial charge in [-0.05, 0) is 36.6 Å². The first-order valence-corrected chi connectivity index (χ1v) is 5.17. The fraction of sp³-hybridized carbons (Fsp3) is 0.417. The SMILES string of the molecule is CC1c2cc(O)ccc2CCC(=O)N1C. The first-order valence-electron chi connectivity index (χ1n) is 5.17. The number of carbonyl (C=O) groups is 1. The van der Waals surface area contributed by atoms with Crippen LogP contribution in [-0.2, 0) is 11.2 Å². The first kappa shape index (κ1) is 10.0. The first-order chi connectivity index (χ1) is 7.09. The van der Waals surface area contributed by atoms with E-state index in [1.807, 2.05) is 20.0 Å². The number of carbonyl (C=O) groups excluding carboxylic acids is 1. The summed E-state index contributed by atoms with van der Waals surface area (Å²) >= 11 is 0. The van der Waals surface area contributed by atoms with Gasteiger partial charge in [0.25, 0.3) is 0 Å². The molecule has 0 radical (unpaired) electrons. The molecule has 1 amide bonds. The molecular formula is C12H15NO2. The van der Waals surface area contributed by atoms with Crippen LogP contribution in [0.5, 0.6) is 5.75 Å². The topological polar surface area (TPSA) is 40.5 Å². The molecule has 1 atom stereocenters. The van der Waals surface area contributed by atoms with Gasteiger partial charge in [0.15, 0.2) is 0 Å². The molecule has 1 unspecified atom stereocenters. The summed E-state index contributed by atoms with van der Waals surface area (Å²) in [4.78, 5) is 13.4. The van der Waals surface area contributed by atoms with Gasteiger partial charge in [0.1, 0.15) is 5.75 Å². The Bertz CT molecular complexity index is 401. The summed E-state index contributed by atoms with van der Waals surface area (Å²) in [5.74, 6) is 0.432. The lowest BCUT2D eigenvalue weighted by Gasteiger charge is -2.23. The molecule has 1 aliphatic rings. The van der Waals surface area contributed by atoms with Crippen molar-refractivity contribution < 1.29 is 9.90 Å². The molecule has 80 valence electrons. The molecular weight excluding hydrogens is 190 g/mol. The maximum Gasteiger partial charge on any atom is 0.223 e. The maximum atomic E-state index is 11.6. The van der Waals surface area contributed by atoms with Crippen molar-refractivity contribution in [2.45, 2.75) is 25.8 Å². The van der Waals surface area contributed by atoms with Crippen molar-refractivity contribution in [1.82, 2.24) is 4.90 Å². The lowest BCUT2D eigenvalue weighted by Crippen LogP contribution is -2.27. The monoisotopic (exact) mass is 205 g/mol. The minimum Gasteiger partial charge on any atom is -0.508 e. The number of amides is 1. The third-order valence-electron chi connectivity index (χ3n) is 3.16. The van der Waals surface area contributed by atoms with E-state index >= 15 is 0 Å². The zero-order valence-corrected chi connectivity index (χ0v) is 9.03. The Labute approximate surface area is 89.3 Å². The second kappa shape index (κ2) is 3.57. The Morgan fingerprint density at radius 1 is 1.40 bits per heavy atom. The van der Waals surface area contributed by atoms with E-state index in [0.717, 1.165) is 17.5 Å². The van der Waals surface area contributed by atoms with Crippen molar-refractivity contribution in [3.05, 3.63) is 29.3 Å². The van der Waals surface area contributed by atoms with Crippen molar-refractivity contribution in [3.8, 4) is 5.75 Å². The van der Waals surface area contributed by atoms with Crippen molar-refractivity contribution in [1.29, 1.82) is 0 Å². The van der Waals surface area contributed by atoms with Gasteiger partial charge in [0.2, 0.25) is 5.91 Å². The molecule has 3 heteroatoms. The molecule has 0 saturated heterocycles. The predicted molar refractivity (Wildman–Crippen MR) is 57.6 cm³/mol. The van der Waals surface area contributed by atoms with E-state index in [4.69, 9.17) is 0 Å². The number of benzene rings is 1. The molecule has 15 heavy (non-hydrogen) atoms. The molecule has 3 nitrogen and oxygen atoms in total. The van der Waals surface area contributed by atoms with Gasteiger partial charge >= 0.3 is 0 Å². The summed E-state index contributed by atoms with van der Waals surface area (Å²) in [6.45, 7) is 1.99. The van der Waals surface area contributed by atoms with Gasteiger partial charge in [0.05, 0.1) is 6.04 Å². The molecule has 1 heterocycles. The standard InChI is InChI=1S/C12H15NO2/c1-8-11-7-10(14)5-3-9(11)4-6-12(15)13(8)2/h3,5,7-8,14H,4,6H2,1-2H3. The fourth-order valence-electron chi connectivity index (χ4n) is 2.04. The molecule has 1 aromatic rings. The zero-order valence-electron chi connectivity index (χ0n) is 9.03. The summed E-state index contributed by atoms with van der Waals surface area (Å²) in [5.41, 5.74) is 2.22. The van der Waals surface area contributed by atoms with Gasteiger partial charge in [-0.25, -0.2) is 0 Å². The number of hydrogen-bond acceptors (Lipinski definition) is 2. The highest BCUT2D eigenvalue weighted by Gasteiger charge is 2.23. The molecule has 1 aromatic carbocycles. The van der Waals surface area contributed by atoms with Gasteiger partial charge in [-0.3, -0.25) is 4.79 Å². The van der Waals surface area contributed by atoms with Crippen molar-refractivity contribution >= 4 is 5.91 Å². The van der Waals surface area contributed by atoms with Crippen LogP contribution < -0.4 is 0 Å². The Hall–Kier alpha value is -1.51. The van der Waals surface area contributed by atoms with Crippen LogP contribution in [0.4, 0.5) is 0 Å². The number of fused-ring (bicyclic) bond motifs is 1. The van der Waals surface area contributed by atoms with Crippen LogP contribution in [0.25, 0.3) is 0 Å². The summed E-state index contributed by atoms with van der Waals surface area (Å²) in [6, 6.07) is 5.39. The molecule has 2 rings (SSSR count). The second-order valence-corrected chi connectivity index (χ2v) is 4.06. The summed E-state index contributed by atoms with van der Waals surface area (Å²) in [6.07, 6.45) is 1.32. The number of rotatable bonds is 0. The normalized spacial score (nSPS) is 21.1. The number of nitrogens with zero attached hydrogens (tertiary/aromatic N) is 1. The Kier molecular flexibility index (Phi) is 2.39. The number of aryl methyl sites for hydroxylation is 1. The average molecular weight is 205 g/mol. The van der Waals surface area contributed by atoms with Crippen molar-refractivity contribution in [3.63, 3.8) is 0 Å². The Morgan fingerprint density at radius 3 is 2.87 bits per heavy atom.